The summed E-state index contributed by atoms with van der Waals surface area (Å²) in [7, 11) is 1.79. The summed E-state index contributed by atoms with van der Waals surface area (Å²) in [6.45, 7) is 1.50. The molecule has 1 saturated heterocycles. The largest absolute Gasteiger partial charge is 0.409 e. The number of hydrogen-bond donors (Lipinski definition) is 3. The standard InChI is InChI=1S/C12H19N5O3/c1-17(8-12(18)3-6-20-7-4-12)11-14-5-2-9(15-11)10(13)16-19/h2,5,18-19H,3-4,6-8H2,1H3,(H2,13,16). The van der Waals surface area contributed by atoms with E-state index in [4.69, 9.17) is 15.7 Å². The van der Waals surface area contributed by atoms with E-state index in [9.17, 15) is 5.11 Å². The van der Waals surface area contributed by atoms with E-state index >= 15 is 0 Å². The van der Waals surface area contributed by atoms with Crippen molar-refractivity contribution in [1.82, 2.24) is 9.97 Å². The van der Waals surface area contributed by atoms with Gasteiger partial charge in [-0.25, -0.2) is 9.97 Å². The molecule has 2 rings (SSSR count). The normalized spacial score (nSPS) is 18.8. The Morgan fingerprint density at radius 1 is 1.55 bits per heavy atom. The third kappa shape index (κ3) is 3.34. The third-order valence-electron chi connectivity index (χ3n) is 3.31. The molecule has 0 spiro atoms. The van der Waals surface area contributed by atoms with Gasteiger partial charge >= 0.3 is 0 Å². The Labute approximate surface area is 116 Å². The van der Waals surface area contributed by atoms with Crippen LogP contribution in [0.2, 0.25) is 0 Å². The molecule has 1 aromatic heterocycles. The number of aromatic nitrogens is 2. The SMILES string of the molecule is CN(CC1(O)CCOCC1)c1nccc(/C(N)=N/O)n1. The number of likely N-dealkylation sites (N-methyl/N-ethyl adjacent to an activating group) is 1. The van der Waals surface area contributed by atoms with Crippen LogP contribution in [0.1, 0.15) is 18.5 Å². The number of nitrogens with zero attached hydrogens (tertiary/aromatic N) is 4. The van der Waals surface area contributed by atoms with Gasteiger partial charge in [0.2, 0.25) is 5.95 Å². The van der Waals surface area contributed by atoms with Gasteiger partial charge in [-0.3, -0.25) is 0 Å². The lowest BCUT2D eigenvalue weighted by atomic mass is 9.94. The van der Waals surface area contributed by atoms with Crippen molar-refractivity contribution in [2.24, 2.45) is 10.9 Å². The van der Waals surface area contributed by atoms with E-state index in [0.717, 1.165) is 0 Å². The maximum atomic E-state index is 10.5. The van der Waals surface area contributed by atoms with Gasteiger partial charge in [0.1, 0.15) is 5.69 Å². The Bertz CT molecular complexity index is 488. The van der Waals surface area contributed by atoms with Gasteiger partial charge in [-0.05, 0) is 6.07 Å². The predicted octanol–water partition coefficient (Wildman–Crippen LogP) is -0.451. The average molecular weight is 281 g/mol. The van der Waals surface area contributed by atoms with Crippen LogP contribution in [-0.2, 0) is 4.74 Å². The predicted molar refractivity (Wildman–Crippen MR) is 72.8 cm³/mol. The summed E-state index contributed by atoms with van der Waals surface area (Å²) in [5, 5.41) is 22.0. The molecule has 4 N–H and O–H groups in total. The minimum absolute atomic E-state index is 0.0770. The van der Waals surface area contributed by atoms with E-state index in [1.807, 2.05) is 0 Å². The number of oxime groups is 1. The molecule has 0 aromatic carbocycles. The molecule has 0 unspecified atom stereocenters. The lowest BCUT2D eigenvalue weighted by Crippen LogP contribution is -2.46. The summed E-state index contributed by atoms with van der Waals surface area (Å²) in [6, 6.07) is 1.55. The first-order chi connectivity index (χ1) is 9.54. The highest BCUT2D eigenvalue weighted by molar-refractivity contribution is 5.95. The number of ether oxygens (including phenoxy) is 1. The zero-order valence-corrected chi connectivity index (χ0v) is 11.4. The van der Waals surface area contributed by atoms with Crippen molar-refractivity contribution in [2.75, 3.05) is 31.7 Å². The van der Waals surface area contributed by atoms with E-state index in [2.05, 4.69) is 15.1 Å². The van der Waals surface area contributed by atoms with Crippen LogP contribution in [0.25, 0.3) is 0 Å². The highest BCUT2D eigenvalue weighted by atomic mass is 16.5. The number of amidine groups is 1. The Morgan fingerprint density at radius 3 is 2.90 bits per heavy atom. The summed E-state index contributed by atoms with van der Waals surface area (Å²) in [5.41, 5.74) is 5.03. The second kappa shape index (κ2) is 6.02. The first-order valence-corrected chi connectivity index (χ1v) is 6.36. The molecule has 20 heavy (non-hydrogen) atoms. The molecule has 1 aliphatic heterocycles. The van der Waals surface area contributed by atoms with Crippen molar-refractivity contribution in [2.45, 2.75) is 18.4 Å². The molecule has 1 fully saturated rings. The summed E-state index contributed by atoms with van der Waals surface area (Å²) < 4.78 is 5.25. The van der Waals surface area contributed by atoms with E-state index in [1.165, 1.54) is 6.20 Å². The molecule has 0 amide bonds. The monoisotopic (exact) mass is 281 g/mol. The van der Waals surface area contributed by atoms with Gasteiger partial charge in [-0.2, -0.15) is 0 Å². The average Bonchev–Trinajstić information content (AvgIpc) is 2.47. The Balaban J connectivity index is 2.10. The first kappa shape index (κ1) is 14.5. The fourth-order valence-corrected chi connectivity index (χ4v) is 2.15. The molecule has 1 aliphatic rings. The zero-order chi connectivity index (χ0) is 14.6. The summed E-state index contributed by atoms with van der Waals surface area (Å²) in [4.78, 5) is 10.1. The van der Waals surface area contributed by atoms with Crippen LogP contribution in [-0.4, -0.2) is 58.5 Å². The van der Waals surface area contributed by atoms with Crippen LogP contribution in [0.15, 0.2) is 17.4 Å². The topological polar surface area (TPSA) is 117 Å². The van der Waals surface area contributed by atoms with Gasteiger partial charge in [0.15, 0.2) is 5.84 Å². The summed E-state index contributed by atoms with van der Waals surface area (Å²) in [6.07, 6.45) is 2.69. The van der Waals surface area contributed by atoms with Crippen LogP contribution >= 0.6 is 0 Å². The van der Waals surface area contributed by atoms with E-state index in [-0.39, 0.29) is 5.84 Å². The number of rotatable bonds is 4. The summed E-state index contributed by atoms with van der Waals surface area (Å²) in [5.74, 6) is 0.334. The van der Waals surface area contributed by atoms with Crippen LogP contribution in [0.4, 0.5) is 5.95 Å². The number of anilines is 1. The third-order valence-corrected chi connectivity index (χ3v) is 3.31. The molecule has 0 saturated carbocycles. The molecule has 8 heteroatoms. The molecule has 1 aromatic rings. The van der Waals surface area contributed by atoms with E-state index in [1.54, 1.807) is 18.0 Å². The Morgan fingerprint density at radius 2 is 2.25 bits per heavy atom. The number of aliphatic hydroxyl groups is 1. The first-order valence-electron chi connectivity index (χ1n) is 6.36. The van der Waals surface area contributed by atoms with Gasteiger partial charge in [0.05, 0.1) is 5.60 Å². The van der Waals surface area contributed by atoms with Crippen molar-refractivity contribution in [3.8, 4) is 0 Å². The molecule has 0 bridgehead atoms. The smallest absolute Gasteiger partial charge is 0.225 e. The van der Waals surface area contributed by atoms with Crippen molar-refractivity contribution in [1.29, 1.82) is 0 Å². The minimum Gasteiger partial charge on any atom is -0.409 e. The maximum Gasteiger partial charge on any atom is 0.225 e. The van der Waals surface area contributed by atoms with Crippen LogP contribution < -0.4 is 10.6 Å². The molecule has 0 aliphatic carbocycles. The molecule has 0 atom stereocenters. The lowest BCUT2D eigenvalue weighted by molar-refractivity contribution is -0.0574. The second-order valence-electron chi connectivity index (χ2n) is 4.92. The summed E-state index contributed by atoms with van der Waals surface area (Å²) >= 11 is 0. The number of hydrogen-bond acceptors (Lipinski definition) is 7. The highest BCUT2D eigenvalue weighted by Gasteiger charge is 2.31. The molecular formula is C12H19N5O3. The lowest BCUT2D eigenvalue weighted by Gasteiger charge is -2.35. The van der Waals surface area contributed by atoms with Gasteiger partial charge in [0.25, 0.3) is 0 Å². The van der Waals surface area contributed by atoms with Gasteiger partial charge < -0.3 is 25.7 Å². The quantitative estimate of drug-likeness (QED) is 0.296. The molecule has 2 heterocycles. The molecular weight excluding hydrogens is 262 g/mol. The Kier molecular flexibility index (Phi) is 4.35. The minimum atomic E-state index is -0.803. The zero-order valence-electron chi connectivity index (χ0n) is 11.4. The fourth-order valence-electron chi connectivity index (χ4n) is 2.15. The van der Waals surface area contributed by atoms with Crippen LogP contribution in [0.3, 0.4) is 0 Å². The molecule has 8 nitrogen and oxygen atoms in total. The van der Waals surface area contributed by atoms with E-state index < -0.39 is 5.60 Å². The highest BCUT2D eigenvalue weighted by Crippen LogP contribution is 2.22. The van der Waals surface area contributed by atoms with Crippen molar-refractivity contribution < 1.29 is 15.1 Å². The van der Waals surface area contributed by atoms with Crippen molar-refractivity contribution in [3.05, 3.63) is 18.0 Å². The second-order valence-corrected chi connectivity index (χ2v) is 4.92. The van der Waals surface area contributed by atoms with Crippen molar-refractivity contribution in [3.63, 3.8) is 0 Å². The van der Waals surface area contributed by atoms with Gasteiger partial charge in [-0.15, -0.1) is 0 Å². The molecule has 110 valence electrons. The fraction of sp³-hybridized carbons (Fsp3) is 0.583. The van der Waals surface area contributed by atoms with Crippen molar-refractivity contribution >= 4 is 11.8 Å². The van der Waals surface area contributed by atoms with Crippen LogP contribution in [0.5, 0.6) is 0 Å². The van der Waals surface area contributed by atoms with E-state index in [0.29, 0.717) is 44.2 Å². The number of nitrogens with two attached hydrogens (primary N) is 1. The molecule has 0 radical (unpaired) electrons. The van der Waals surface area contributed by atoms with Crippen LogP contribution in [0, 0.1) is 0 Å². The van der Waals surface area contributed by atoms with Gasteiger partial charge in [0, 0.05) is 45.8 Å². The maximum absolute atomic E-state index is 10.5. The Hall–Kier alpha value is -1.93. The van der Waals surface area contributed by atoms with Gasteiger partial charge in [-0.1, -0.05) is 5.16 Å².